The lowest BCUT2D eigenvalue weighted by molar-refractivity contribution is 0.168. The van der Waals surface area contributed by atoms with Crippen LogP contribution in [0.2, 0.25) is 0 Å². The first-order chi connectivity index (χ1) is 10.3. The van der Waals surface area contributed by atoms with Crippen molar-refractivity contribution in [3.8, 4) is 0 Å². The maximum atomic E-state index is 10.3. The van der Waals surface area contributed by atoms with Crippen molar-refractivity contribution in [3.05, 3.63) is 45.9 Å². The molecule has 110 valence electrons. The Balaban J connectivity index is 1.65. The second-order valence-corrected chi connectivity index (χ2v) is 7.01. The summed E-state index contributed by atoms with van der Waals surface area (Å²) in [4.78, 5) is 8.41. The van der Waals surface area contributed by atoms with Gasteiger partial charge in [0.25, 0.3) is 0 Å². The molecule has 0 amide bonds. The van der Waals surface area contributed by atoms with Crippen molar-refractivity contribution in [2.24, 2.45) is 0 Å². The molecule has 1 aliphatic heterocycles. The number of thiazole rings is 1. The van der Waals surface area contributed by atoms with Crippen LogP contribution < -0.4 is 4.90 Å². The van der Waals surface area contributed by atoms with E-state index in [4.69, 9.17) is 0 Å². The predicted octanol–water partition coefficient (Wildman–Crippen LogP) is 3.85. The minimum atomic E-state index is -0.324. The third kappa shape index (κ3) is 2.58. The van der Waals surface area contributed by atoms with E-state index in [1.807, 2.05) is 11.6 Å². The number of hydrogen-bond donors (Lipinski definition) is 1. The largest absolute Gasteiger partial charge is 0.388 e. The van der Waals surface area contributed by atoms with E-state index in [0.29, 0.717) is 5.92 Å². The summed E-state index contributed by atoms with van der Waals surface area (Å²) in [6, 6.07) is 8.29. The Hall–Kier alpha value is -1.39. The number of hydrogen-bond acceptors (Lipinski definition) is 4. The molecule has 4 rings (SSSR count). The third-order valence-corrected chi connectivity index (χ3v) is 5.35. The van der Waals surface area contributed by atoms with Gasteiger partial charge in [-0.15, -0.1) is 11.3 Å². The van der Waals surface area contributed by atoms with Crippen LogP contribution in [0, 0.1) is 0 Å². The Morgan fingerprint density at radius 2 is 2.10 bits per heavy atom. The first kappa shape index (κ1) is 13.3. The van der Waals surface area contributed by atoms with Gasteiger partial charge in [0.05, 0.1) is 23.9 Å². The highest BCUT2D eigenvalue weighted by molar-refractivity contribution is 7.09. The van der Waals surface area contributed by atoms with Crippen molar-refractivity contribution in [1.82, 2.24) is 4.98 Å². The average molecular weight is 300 g/mol. The van der Waals surface area contributed by atoms with Crippen LogP contribution in [0.5, 0.6) is 0 Å². The molecule has 0 spiro atoms. The van der Waals surface area contributed by atoms with Gasteiger partial charge in [0.15, 0.2) is 0 Å². The second kappa shape index (κ2) is 5.43. The van der Waals surface area contributed by atoms with E-state index < -0.39 is 0 Å². The molecule has 1 aliphatic carbocycles. The third-order valence-electron chi connectivity index (χ3n) is 4.51. The number of nitrogens with zero attached hydrogens (tertiary/aromatic N) is 2. The Morgan fingerprint density at radius 3 is 2.95 bits per heavy atom. The van der Waals surface area contributed by atoms with Gasteiger partial charge in [-0.2, -0.15) is 0 Å². The number of para-hydroxylation sites is 1. The summed E-state index contributed by atoms with van der Waals surface area (Å²) in [5.41, 5.74) is 5.58. The van der Waals surface area contributed by atoms with Gasteiger partial charge in [-0.3, -0.25) is 0 Å². The van der Waals surface area contributed by atoms with E-state index in [9.17, 15) is 5.11 Å². The summed E-state index contributed by atoms with van der Waals surface area (Å²) in [5, 5.41) is 10.3. The van der Waals surface area contributed by atoms with Gasteiger partial charge < -0.3 is 10.0 Å². The standard InChI is InChI=1S/C17H20N2OS/c20-15-6-3-9-19(14-5-2-1-4-13(14)15)10-16-17(12-7-8-12)18-11-21-16/h1-2,4-5,11-12,15,20H,3,6-10H2. The topological polar surface area (TPSA) is 36.4 Å². The molecular formula is C17H20N2OS. The lowest BCUT2D eigenvalue weighted by Crippen LogP contribution is -2.23. The molecule has 1 fully saturated rings. The zero-order valence-electron chi connectivity index (χ0n) is 12.0. The summed E-state index contributed by atoms with van der Waals surface area (Å²) in [7, 11) is 0. The van der Waals surface area contributed by atoms with Crippen LogP contribution in [0.3, 0.4) is 0 Å². The molecule has 2 aliphatic rings. The van der Waals surface area contributed by atoms with Crippen LogP contribution in [0.25, 0.3) is 0 Å². The van der Waals surface area contributed by atoms with Gasteiger partial charge in [-0.25, -0.2) is 4.98 Å². The molecule has 3 nitrogen and oxygen atoms in total. The monoisotopic (exact) mass is 300 g/mol. The van der Waals surface area contributed by atoms with Crippen LogP contribution in [0.15, 0.2) is 29.8 Å². The smallest absolute Gasteiger partial charge is 0.0810 e. The molecule has 0 radical (unpaired) electrons. The summed E-state index contributed by atoms with van der Waals surface area (Å²) < 4.78 is 0. The second-order valence-electron chi connectivity index (χ2n) is 6.07. The van der Waals surface area contributed by atoms with Gasteiger partial charge in [0.2, 0.25) is 0 Å². The number of anilines is 1. The molecule has 2 heterocycles. The molecule has 1 atom stereocenters. The summed E-state index contributed by atoms with van der Waals surface area (Å²) in [6.45, 7) is 1.94. The van der Waals surface area contributed by atoms with Gasteiger partial charge in [-0.1, -0.05) is 18.2 Å². The van der Waals surface area contributed by atoms with Gasteiger partial charge >= 0.3 is 0 Å². The highest BCUT2D eigenvalue weighted by Gasteiger charge is 2.29. The SMILES string of the molecule is OC1CCCN(Cc2scnc2C2CC2)c2ccccc21. The van der Waals surface area contributed by atoms with Crippen LogP contribution in [0.1, 0.15) is 53.8 Å². The minimum Gasteiger partial charge on any atom is -0.388 e. The van der Waals surface area contributed by atoms with E-state index in [1.165, 1.54) is 29.1 Å². The van der Waals surface area contributed by atoms with E-state index in [-0.39, 0.29) is 6.10 Å². The number of aliphatic hydroxyl groups is 1. The Kier molecular flexibility index (Phi) is 3.43. The number of benzene rings is 1. The van der Waals surface area contributed by atoms with Crippen molar-refractivity contribution in [2.75, 3.05) is 11.4 Å². The highest BCUT2D eigenvalue weighted by Crippen LogP contribution is 2.43. The Morgan fingerprint density at radius 1 is 1.24 bits per heavy atom. The number of fused-ring (bicyclic) bond motifs is 1. The van der Waals surface area contributed by atoms with Gasteiger partial charge in [0, 0.05) is 28.6 Å². The predicted molar refractivity (Wildman–Crippen MR) is 85.8 cm³/mol. The molecule has 1 saturated carbocycles. The van der Waals surface area contributed by atoms with Crippen LogP contribution in [-0.4, -0.2) is 16.6 Å². The number of aliphatic hydroxyl groups excluding tert-OH is 1. The van der Waals surface area contributed by atoms with Crippen LogP contribution in [-0.2, 0) is 6.54 Å². The van der Waals surface area contributed by atoms with Crippen molar-refractivity contribution in [2.45, 2.75) is 44.2 Å². The molecule has 0 saturated heterocycles. The minimum absolute atomic E-state index is 0.324. The quantitative estimate of drug-likeness (QED) is 0.935. The fourth-order valence-corrected chi connectivity index (χ4v) is 4.10. The highest BCUT2D eigenvalue weighted by atomic mass is 32.1. The van der Waals surface area contributed by atoms with E-state index in [1.54, 1.807) is 11.3 Å². The fraction of sp³-hybridized carbons (Fsp3) is 0.471. The summed E-state index contributed by atoms with van der Waals surface area (Å²) >= 11 is 1.78. The lowest BCUT2D eigenvalue weighted by atomic mass is 10.0. The molecule has 2 aromatic rings. The molecule has 21 heavy (non-hydrogen) atoms. The van der Waals surface area contributed by atoms with Crippen molar-refractivity contribution >= 4 is 17.0 Å². The molecule has 1 unspecified atom stereocenters. The van der Waals surface area contributed by atoms with Crippen molar-refractivity contribution < 1.29 is 5.11 Å². The molecule has 1 aromatic heterocycles. The Labute approximate surface area is 129 Å². The van der Waals surface area contributed by atoms with Crippen molar-refractivity contribution in [1.29, 1.82) is 0 Å². The summed E-state index contributed by atoms with van der Waals surface area (Å²) in [6.07, 6.45) is 4.16. The molecule has 1 aromatic carbocycles. The maximum absolute atomic E-state index is 10.3. The Bertz CT molecular complexity index is 635. The average Bonchev–Trinajstić information content (AvgIpc) is 3.27. The summed E-state index contributed by atoms with van der Waals surface area (Å²) in [5.74, 6) is 0.707. The molecular weight excluding hydrogens is 280 g/mol. The van der Waals surface area contributed by atoms with E-state index in [0.717, 1.165) is 31.5 Å². The van der Waals surface area contributed by atoms with Crippen LogP contribution in [0.4, 0.5) is 5.69 Å². The molecule has 1 N–H and O–H groups in total. The normalized spacial score (nSPS) is 22.0. The van der Waals surface area contributed by atoms with Gasteiger partial charge in [0.1, 0.15) is 0 Å². The van der Waals surface area contributed by atoms with Gasteiger partial charge in [-0.05, 0) is 31.7 Å². The number of aromatic nitrogens is 1. The zero-order valence-corrected chi connectivity index (χ0v) is 12.9. The first-order valence-electron chi connectivity index (χ1n) is 7.77. The molecule has 0 bridgehead atoms. The zero-order chi connectivity index (χ0) is 14.2. The van der Waals surface area contributed by atoms with Crippen molar-refractivity contribution in [3.63, 3.8) is 0 Å². The fourth-order valence-electron chi connectivity index (χ4n) is 3.23. The lowest BCUT2D eigenvalue weighted by Gasteiger charge is -2.25. The maximum Gasteiger partial charge on any atom is 0.0810 e. The van der Waals surface area contributed by atoms with E-state index in [2.05, 4.69) is 28.1 Å². The first-order valence-corrected chi connectivity index (χ1v) is 8.65. The van der Waals surface area contributed by atoms with Crippen LogP contribution >= 0.6 is 11.3 Å². The molecule has 4 heteroatoms. The van der Waals surface area contributed by atoms with E-state index >= 15 is 0 Å². The number of rotatable bonds is 3.